The first-order chi connectivity index (χ1) is 12.4. The normalized spacial score (nSPS) is 11.5. The Morgan fingerprint density at radius 3 is 2.58 bits per heavy atom. The van der Waals surface area contributed by atoms with Crippen molar-refractivity contribution in [3.8, 4) is 0 Å². The lowest BCUT2D eigenvalue weighted by atomic mass is 10.2. The fourth-order valence-corrected chi connectivity index (χ4v) is 2.35. The third-order valence-electron chi connectivity index (χ3n) is 3.59. The Morgan fingerprint density at radius 1 is 1.23 bits per heavy atom. The van der Waals surface area contributed by atoms with Crippen molar-refractivity contribution in [2.75, 3.05) is 0 Å². The smallest absolute Gasteiger partial charge is 0.352 e. The highest BCUT2D eigenvalue weighted by atomic mass is 19.1. The summed E-state index contributed by atoms with van der Waals surface area (Å²) in [6, 6.07) is 6.85. The molecule has 0 unspecified atom stereocenters. The zero-order valence-corrected chi connectivity index (χ0v) is 13.3. The van der Waals surface area contributed by atoms with Gasteiger partial charge in [-0.25, -0.2) is 14.2 Å². The van der Waals surface area contributed by atoms with Crippen molar-refractivity contribution >= 4 is 17.5 Å². The van der Waals surface area contributed by atoms with Gasteiger partial charge in [-0.05, 0) is 23.8 Å². The number of aliphatic hydroxyl groups is 1. The van der Waals surface area contributed by atoms with Crippen molar-refractivity contribution in [1.29, 1.82) is 0 Å². The summed E-state index contributed by atoms with van der Waals surface area (Å²) < 4.78 is 14.4. The third kappa shape index (κ3) is 3.66. The van der Waals surface area contributed by atoms with E-state index in [2.05, 4.69) is 15.2 Å². The van der Waals surface area contributed by atoms with Gasteiger partial charge in [0.2, 0.25) is 5.78 Å². The molecule has 132 valence electrons. The first kappa shape index (κ1) is 17.1. The van der Waals surface area contributed by atoms with Crippen molar-refractivity contribution in [1.82, 2.24) is 19.7 Å². The zero-order chi connectivity index (χ0) is 18.7. The van der Waals surface area contributed by atoms with Gasteiger partial charge in [0, 0.05) is 24.4 Å². The SMILES string of the molecule is O=C(C=C(O)c1cc(C(=O)O)n(Cc2ccc(F)cc2)c1)c1ncn[nH]1. The Labute approximate surface area is 146 Å². The molecule has 8 nitrogen and oxygen atoms in total. The molecule has 26 heavy (non-hydrogen) atoms. The molecule has 3 aromatic rings. The predicted octanol–water partition coefficient (Wildman–Crippen LogP) is 2.27. The highest BCUT2D eigenvalue weighted by molar-refractivity contribution is 6.05. The molecule has 0 aliphatic heterocycles. The summed E-state index contributed by atoms with van der Waals surface area (Å²) in [6.07, 6.45) is 3.47. The van der Waals surface area contributed by atoms with Gasteiger partial charge in [-0.2, -0.15) is 5.10 Å². The number of nitrogens with one attached hydrogen (secondary N) is 1. The Bertz CT molecular complexity index is 975. The quantitative estimate of drug-likeness (QED) is 0.354. The van der Waals surface area contributed by atoms with Crippen LogP contribution in [0.25, 0.3) is 5.76 Å². The van der Waals surface area contributed by atoms with E-state index in [0.29, 0.717) is 5.56 Å². The number of aliphatic hydroxyl groups excluding tert-OH is 1. The summed E-state index contributed by atoms with van der Waals surface area (Å²) in [4.78, 5) is 27.0. The average molecular weight is 356 g/mol. The van der Waals surface area contributed by atoms with Crippen LogP contribution in [0, 0.1) is 5.82 Å². The lowest BCUT2D eigenvalue weighted by Gasteiger charge is -2.06. The second-order valence-corrected chi connectivity index (χ2v) is 5.40. The van der Waals surface area contributed by atoms with Gasteiger partial charge in [-0.15, -0.1) is 0 Å². The summed E-state index contributed by atoms with van der Waals surface area (Å²) in [5.74, 6) is -2.67. The number of halogens is 1. The molecule has 0 saturated heterocycles. The van der Waals surface area contributed by atoms with Crippen molar-refractivity contribution < 1.29 is 24.2 Å². The number of carbonyl (C=O) groups excluding carboxylic acids is 1. The molecule has 2 heterocycles. The van der Waals surface area contributed by atoms with Crippen molar-refractivity contribution in [3.05, 3.63) is 77.4 Å². The number of carboxylic acids is 1. The van der Waals surface area contributed by atoms with E-state index in [-0.39, 0.29) is 23.6 Å². The van der Waals surface area contributed by atoms with Crippen molar-refractivity contribution in [3.63, 3.8) is 0 Å². The van der Waals surface area contributed by atoms with Crippen LogP contribution < -0.4 is 0 Å². The van der Waals surface area contributed by atoms with E-state index < -0.39 is 23.3 Å². The Balaban J connectivity index is 1.90. The van der Waals surface area contributed by atoms with Crippen LogP contribution in [0.4, 0.5) is 4.39 Å². The van der Waals surface area contributed by atoms with Crippen LogP contribution in [0.15, 0.2) is 48.9 Å². The topological polar surface area (TPSA) is 121 Å². The fourth-order valence-electron chi connectivity index (χ4n) is 2.35. The maximum atomic E-state index is 13.0. The van der Waals surface area contributed by atoms with Crippen LogP contribution in [0.5, 0.6) is 0 Å². The summed E-state index contributed by atoms with van der Waals surface area (Å²) in [5.41, 5.74) is 0.742. The molecule has 2 aromatic heterocycles. The van der Waals surface area contributed by atoms with E-state index in [1.165, 1.54) is 41.1 Å². The number of rotatable bonds is 6. The average Bonchev–Trinajstić information content (AvgIpc) is 3.26. The molecular weight excluding hydrogens is 343 g/mol. The van der Waals surface area contributed by atoms with Crippen molar-refractivity contribution in [2.24, 2.45) is 0 Å². The Kier molecular flexibility index (Phi) is 4.61. The zero-order valence-electron chi connectivity index (χ0n) is 13.3. The molecule has 0 atom stereocenters. The number of hydrogen-bond acceptors (Lipinski definition) is 5. The molecule has 0 amide bonds. The van der Waals surface area contributed by atoms with Gasteiger partial charge in [-0.3, -0.25) is 9.89 Å². The summed E-state index contributed by atoms with van der Waals surface area (Å²) in [5, 5.41) is 25.4. The van der Waals surface area contributed by atoms with Gasteiger partial charge in [-0.1, -0.05) is 12.1 Å². The number of H-pyrrole nitrogens is 1. The lowest BCUT2D eigenvalue weighted by Crippen LogP contribution is -2.08. The molecule has 0 aliphatic carbocycles. The molecular formula is C17H13FN4O4. The number of allylic oxidation sites excluding steroid dienone is 1. The van der Waals surface area contributed by atoms with E-state index in [4.69, 9.17) is 0 Å². The first-order valence-electron chi connectivity index (χ1n) is 7.42. The molecule has 0 saturated carbocycles. The summed E-state index contributed by atoms with van der Waals surface area (Å²) >= 11 is 0. The Hall–Kier alpha value is -3.75. The standard InChI is InChI=1S/C17H13FN4O4/c18-12-3-1-10(2-4-12)7-22-8-11(5-13(22)17(25)26)14(23)6-15(24)16-19-9-20-21-16/h1-6,8-9,23H,7H2,(H,25,26)(H,19,20,21). The van der Waals surface area contributed by atoms with E-state index in [9.17, 15) is 24.2 Å². The number of carbonyl (C=O) groups is 2. The molecule has 0 aliphatic rings. The molecule has 0 spiro atoms. The van der Waals surface area contributed by atoms with Gasteiger partial charge >= 0.3 is 5.97 Å². The molecule has 0 fully saturated rings. The van der Waals surface area contributed by atoms with E-state index in [1.807, 2.05) is 0 Å². The maximum Gasteiger partial charge on any atom is 0.352 e. The van der Waals surface area contributed by atoms with Gasteiger partial charge in [0.1, 0.15) is 23.6 Å². The van der Waals surface area contributed by atoms with E-state index in [0.717, 1.165) is 12.4 Å². The number of aromatic amines is 1. The summed E-state index contributed by atoms with van der Waals surface area (Å²) in [7, 11) is 0. The molecule has 3 N–H and O–H groups in total. The largest absolute Gasteiger partial charge is 0.507 e. The maximum absolute atomic E-state index is 13.0. The summed E-state index contributed by atoms with van der Waals surface area (Å²) in [6.45, 7) is 0.158. The second-order valence-electron chi connectivity index (χ2n) is 5.40. The van der Waals surface area contributed by atoms with Gasteiger partial charge in [0.25, 0.3) is 0 Å². The number of aromatic nitrogens is 4. The minimum absolute atomic E-state index is 0.0549. The number of ketones is 1. The van der Waals surface area contributed by atoms with Gasteiger partial charge < -0.3 is 14.8 Å². The predicted molar refractivity (Wildman–Crippen MR) is 88.2 cm³/mol. The van der Waals surface area contributed by atoms with Crippen LogP contribution in [0.2, 0.25) is 0 Å². The number of nitrogens with zero attached hydrogens (tertiary/aromatic N) is 3. The number of aromatic carboxylic acids is 1. The fraction of sp³-hybridized carbons (Fsp3) is 0.0588. The van der Waals surface area contributed by atoms with Crippen molar-refractivity contribution in [2.45, 2.75) is 6.54 Å². The molecule has 0 bridgehead atoms. The van der Waals surface area contributed by atoms with Gasteiger partial charge in [0.05, 0.1) is 0 Å². The second kappa shape index (κ2) is 7.01. The monoisotopic (exact) mass is 356 g/mol. The number of carboxylic acid groups (broad SMARTS) is 1. The third-order valence-corrected chi connectivity index (χ3v) is 3.59. The van der Waals surface area contributed by atoms with Crippen LogP contribution in [0.1, 0.15) is 32.2 Å². The minimum atomic E-state index is -1.20. The first-order valence-corrected chi connectivity index (χ1v) is 7.42. The molecule has 1 aromatic carbocycles. The highest BCUT2D eigenvalue weighted by Crippen LogP contribution is 2.18. The minimum Gasteiger partial charge on any atom is -0.507 e. The number of benzene rings is 1. The van der Waals surface area contributed by atoms with Crippen LogP contribution >= 0.6 is 0 Å². The lowest BCUT2D eigenvalue weighted by molar-refractivity contribution is 0.0685. The molecule has 3 rings (SSSR count). The molecule has 0 radical (unpaired) electrons. The highest BCUT2D eigenvalue weighted by Gasteiger charge is 2.16. The van der Waals surface area contributed by atoms with Crippen LogP contribution in [-0.2, 0) is 6.54 Å². The van der Waals surface area contributed by atoms with Gasteiger partial charge in [0.15, 0.2) is 5.82 Å². The van der Waals surface area contributed by atoms with E-state index >= 15 is 0 Å². The number of hydrogen-bond donors (Lipinski definition) is 3. The Morgan fingerprint density at radius 2 is 1.96 bits per heavy atom. The van der Waals surface area contributed by atoms with Crippen LogP contribution in [0.3, 0.4) is 0 Å². The molecule has 9 heteroatoms. The van der Waals surface area contributed by atoms with Crippen LogP contribution in [-0.4, -0.2) is 41.7 Å². The van der Waals surface area contributed by atoms with E-state index in [1.54, 1.807) is 0 Å².